The highest BCUT2D eigenvalue weighted by Crippen LogP contribution is 2.06. The zero-order chi connectivity index (χ0) is 13.5. The van der Waals surface area contributed by atoms with E-state index >= 15 is 0 Å². The molecule has 1 aromatic rings. The zero-order valence-electron chi connectivity index (χ0n) is 9.20. The minimum Gasteiger partial charge on any atom is -0.477 e. The predicted octanol–water partition coefficient (Wildman–Crippen LogP) is 0.269. The number of amides is 1. The lowest BCUT2D eigenvalue weighted by atomic mass is 10.2. The van der Waals surface area contributed by atoms with Crippen LogP contribution in [0, 0.1) is 22.7 Å². The van der Waals surface area contributed by atoms with Gasteiger partial charge in [0.1, 0.15) is 18.8 Å². The fourth-order valence-electron chi connectivity index (χ4n) is 1.23. The molecule has 7 nitrogen and oxygen atoms in total. The molecule has 1 N–H and O–H groups in total. The van der Waals surface area contributed by atoms with Crippen LogP contribution in [0.1, 0.15) is 20.8 Å². The van der Waals surface area contributed by atoms with E-state index in [1.165, 1.54) is 12.3 Å². The Morgan fingerprint density at radius 2 is 1.94 bits per heavy atom. The third-order valence-electron chi connectivity index (χ3n) is 2.04. The van der Waals surface area contributed by atoms with Crippen LogP contribution in [0.3, 0.4) is 0 Å². The smallest absolute Gasteiger partial charge is 0.354 e. The Labute approximate surface area is 103 Å². The molecule has 1 heterocycles. The Bertz CT molecular complexity index is 540. The molecule has 0 saturated heterocycles. The number of carbonyl (C=O) groups is 2. The first-order valence-electron chi connectivity index (χ1n) is 4.82. The van der Waals surface area contributed by atoms with Gasteiger partial charge in [-0.25, -0.2) is 9.78 Å². The monoisotopic (exact) mass is 244 g/mol. The van der Waals surface area contributed by atoms with Crippen molar-refractivity contribution in [1.82, 2.24) is 9.88 Å². The van der Waals surface area contributed by atoms with Crippen molar-refractivity contribution >= 4 is 11.9 Å². The minimum atomic E-state index is -1.25. The summed E-state index contributed by atoms with van der Waals surface area (Å²) in [4.78, 5) is 27.2. The molecular weight excluding hydrogens is 236 g/mol. The largest absolute Gasteiger partial charge is 0.477 e. The van der Waals surface area contributed by atoms with Crippen LogP contribution >= 0.6 is 0 Å². The van der Waals surface area contributed by atoms with Gasteiger partial charge in [-0.1, -0.05) is 0 Å². The van der Waals surface area contributed by atoms with Crippen molar-refractivity contribution in [2.45, 2.75) is 0 Å². The Hall–Kier alpha value is -2.93. The lowest BCUT2D eigenvalue weighted by Gasteiger charge is -2.15. The molecule has 0 atom stereocenters. The number of pyridine rings is 1. The van der Waals surface area contributed by atoms with E-state index in [0.29, 0.717) is 0 Å². The van der Waals surface area contributed by atoms with Gasteiger partial charge in [-0.2, -0.15) is 10.5 Å². The van der Waals surface area contributed by atoms with E-state index in [1.807, 2.05) is 0 Å². The second-order valence-electron chi connectivity index (χ2n) is 3.21. The van der Waals surface area contributed by atoms with Gasteiger partial charge in [0, 0.05) is 11.8 Å². The van der Waals surface area contributed by atoms with Gasteiger partial charge in [0.05, 0.1) is 12.1 Å². The summed E-state index contributed by atoms with van der Waals surface area (Å²) in [7, 11) is 0. The quantitative estimate of drug-likeness (QED) is 0.759. The van der Waals surface area contributed by atoms with Gasteiger partial charge in [-0.15, -0.1) is 0 Å². The molecule has 0 saturated carbocycles. The van der Waals surface area contributed by atoms with E-state index in [4.69, 9.17) is 15.6 Å². The fourth-order valence-corrected chi connectivity index (χ4v) is 1.23. The molecule has 0 radical (unpaired) electrons. The summed E-state index contributed by atoms with van der Waals surface area (Å²) in [6, 6.07) is 5.96. The van der Waals surface area contributed by atoms with Gasteiger partial charge in [0.15, 0.2) is 0 Å². The van der Waals surface area contributed by atoms with Gasteiger partial charge in [0.25, 0.3) is 5.91 Å². The summed E-state index contributed by atoms with van der Waals surface area (Å²) in [6.07, 6.45) is 1.19. The van der Waals surface area contributed by atoms with E-state index in [2.05, 4.69) is 4.98 Å². The predicted molar refractivity (Wildman–Crippen MR) is 58.3 cm³/mol. The van der Waals surface area contributed by atoms with Gasteiger partial charge in [0.2, 0.25) is 0 Å². The highest BCUT2D eigenvalue weighted by molar-refractivity contribution is 5.96. The summed E-state index contributed by atoms with van der Waals surface area (Å²) in [5.74, 6) is -1.83. The summed E-state index contributed by atoms with van der Waals surface area (Å²) in [6.45, 7) is -0.478. The number of aromatic nitrogens is 1. The van der Waals surface area contributed by atoms with Crippen LogP contribution in [0.4, 0.5) is 0 Å². The lowest BCUT2D eigenvalue weighted by molar-refractivity contribution is 0.0690. The maximum atomic E-state index is 11.9. The van der Waals surface area contributed by atoms with E-state index in [0.717, 1.165) is 11.0 Å². The topological polar surface area (TPSA) is 118 Å². The maximum Gasteiger partial charge on any atom is 0.354 e. The zero-order valence-corrected chi connectivity index (χ0v) is 9.20. The summed E-state index contributed by atoms with van der Waals surface area (Å²) in [5, 5.41) is 25.8. The molecule has 0 fully saturated rings. The Kier molecular flexibility index (Phi) is 4.35. The first kappa shape index (κ1) is 13.1. The van der Waals surface area contributed by atoms with Crippen molar-refractivity contribution in [3.05, 3.63) is 29.6 Å². The second-order valence-corrected chi connectivity index (χ2v) is 3.21. The van der Waals surface area contributed by atoms with Crippen LogP contribution in [0.25, 0.3) is 0 Å². The van der Waals surface area contributed by atoms with Crippen LogP contribution in [0.15, 0.2) is 18.3 Å². The van der Waals surface area contributed by atoms with Crippen molar-refractivity contribution in [3.63, 3.8) is 0 Å². The van der Waals surface area contributed by atoms with Crippen molar-refractivity contribution in [3.8, 4) is 12.1 Å². The average Bonchev–Trinajstić information content (AvgIpc) is 2.38. The lowest BCUT2D eigenvalue weighted by Crippen LogP contribution is -2.32. The number of hydrogen-bond acceptors (Lipinski definition) is 5. The van der Waals surface area contributed by atoms with Crippen LogP contribution < -0.4 is 0 Å². The molecule has 0 aliphatic heterocycles. The molecular formula is C11H8N4O3. The second kappa shape index (κ2) is 5.97. The minimum absolute atomic E-state index is 0.0768. The first-order chi connectivity index (χ1) is 8.60. The Morgan fingerprint density at radius 1 is 1.33 bits per heavy atom. The number of carboxylic acid groups (broad SMARTS) is 1. The van der Waals surface area contributed by atoms with Crippen molar-refractivity contribution < 1.29 is 14.7 Å². The Balaban J connectivity index is 3.02. The number of nitriles is 2. The number of hydrogen-bond donors (Lipinski definition) is 1. The maximum absolute atomic E-state index is 11.9. The number of nitrogens with zero attached hydrogens (tertiary/aromatic N) is 4. The first-order valence-corrected chi connectivity index (χ1v) is 4.82. The number of carboxylic acids is 1. The molecule has 18 heavy (non-hydrogen) atoms. The van der Waals surface area contributed by atoms with E-state index in [1.54, 1.807) is 12.1 Å². The van der Waals surface area contributed by atoms with Gasteiger partial charge in [-0.3, -0.25) is 4.79 Å². The van der Waals surface area contributed by atoms with Crippen LogP contribution in [-0.2, 0) is 0 Å². The normalized spacial score (nSPS) is 9.00. The molecule has 90 valence electrons. The van der Waals surface area contributed by atoms with Crippen molar-refractivity contribution in [1.29, 1.82) is 10.5 Å². The third-order valence-corrected chi connectivity index (χ3v) is 2.04. The van der Waals surface area contributed by atoms with Crippen molar-refractivity contribution in [2.75, 3.05) is 13.1 Å². The molecule has 0 unspecified atom stereocenters. The third kappa shape index (κ3) is 3.03. The van der Waals surface area contributed by atoms with Gasteiger partial charge in [-0.05, 0) is 12.1 Å². The van der Waals surface area contributed by atoms with Gasteiger partial charge < -0.3 is 10.0 Å². The molecule has 0 aliphatic rings. The molecule has 0 spiro atoms. The molecule has 0 aromatic carbocycles. The van der Waals surface area contributed by atoms with Crippen LogP contribution in [0.5, 0.6) is 0 Å². The molecule has 7 heteroatoms. The SMILES string of the molecule is N#CCN(CC#N)C(=O)c1ccnc(C(=O)O)c1. The summed E-state index contributed by atoms with van der Waals surface area (Å²) in [5.41, 5.74) is -0.192. The van der Waals surface area contributed by atoms with E-state index in [9.17, 15) is 9.59 Å². The molecule has 1 amide bonds. The standard InChI is InChI=1S/C11H8N4O3/c12-2-5-15(6-3-13)10(16)8-1-4-14-9(7-8)11(17)18/h1,4,7H,5-6H2,(H,17,18). The average molecular weight is 244 g/mol. The van der Waals surface area contributed by atoms with Crippen LogP contribution in [0.2, 0.25) is 0 Å². The van der Waals surface area contributed by atoms with E-state index < -0.39 is 11.9 Å². The van der Waals surface area contributed by atoms with Crippen LogP contribution in [-0.4, -0.2) is 40.0 Å². The van der Waals surface area contributed by atoms with Crippen molar-refractivity contribution in [2.24, 2.45) is 0 Å². The molecule has 0 bridgehead atoms. The molecule has 1 rings (SSSR count). The fraction of sp³-hybridized carbons (Fsp3) is 0.182. The summed E-state index contributed by atoms with van der Waals surface area (Å²) < 4.78 is 0. The molecule has 0 aliphatic carbocycles. The number of rotatable bonds is 4. The summed E-state index contributed by atoms with van der Waals surface area (Å²) >= 11 is 0. The highest BCUT2D eigenvalue weighted by atomic mass is 16.4. The van der Waals surface area contributed by atoms with Gasteiger partial charge >= 0.3 is 5.97 Å². The Morgan fingerprint density at radius 3 is 2.44 bits per heavy atom. The highest BCUT2D eigenvalue weighted by Gasteiger charge is 2.17. The number of carbonyl (C=O) groups excluding carboxylic acids is 1. The van der Waals surface area contributed by atoms with E-state index in [-0.39, 0.29) is 24.3 Å². The number of aromatic carboxylic acids is 1. The molecule has 1 aromatic heterocycles.